The van der Waals surface area contributed by atoms with Crippen LogP contribution in [0.15, 0.2) is 71.6 Å². The number of carbonyl (C=O) groups excluding carboxylic acids is 3. The molecule has 0 aromatic heterocycles. The van der Waals surface area contributed by atoms with Crippen LogP contribution in [0.2, 0.25) is 15.1 Å². The summed E-state index contributed by atoms with van der Waals surface area (Å²) in [5.41, 5.74) is 1.92. The van der Waals surface area contributed by atoms with E-state index >= 15 is 0 Å². The first-order valence-corrected chi connectivity index (χ1v) is 12.2. The Labute approximate surface area is 220 Å². The Bertz CT molecular complexity index is 1350. The minimum absolute atomic E-state index is 0.212. The molecular weight excluding hydrogens is 531 g/mol. The Morgan fingerprint density at radius 2 is 1.74 bits per heavy atom. The van der Waals surface area contributed by atoms with Crippen LogP contribution in [0.5, 0.6) is 5.75 Å². The number of anilines is 1. The third-order valence-electron chi connectivity index (χ3n) is 4.85. The van der Waals surface area contributed by atoms with Gasteiger partial charge >= 0.3 is 0 Å². The van der Waals surface area contributed by atoms with E-state index in [1.54, 1.807) is 72.8 Å². The van der Waals surface area contributed by atoms with Gasteiger partial charge in [0.05, 0.1) is 4.91 Å². The van der Waals surface area contributed by atoms with Gasteiger partial charge in [0.15, 0.2) is 0 Å². The molecule has 1 heterocycles. The molecule has 0 bridgehead atoms. The van der Waals surface area contributed by atoms with Gasteiger partial charge in [-0.1, -0.05) is 59.1 Å². The highest BCUT2D eigenvalue weighted by atomic mass is 35.5. The SMILES string of the molecule is O=C(CN1C(=O)S/C(=C/c2cccc(OCc3ccc(Cl)cc3Cl)c2)C1=O)Nc1cccc(Cl)c1. The maximum absolute atomic E-state index is 12.8. The van der Waals surface area contributed by atoms with Crippen molar-refractivity contribution in [2.45, 2.75) is 6.61 Å². The highest BCUT2D eigenvalue weighted by molar-refractivity contribution is 8.18. The molecule has 10 heteroatoms. The van der Waals surface area contributed by atoms with E-state index in [1.165, 1.54) is 0 Å². The number of ether oxygens (including phenoxy) is 1. The molecule has 178 valence electrons. The number of benzene rings is 3. The van der Waals surface area contributed by atoms with E-state index in [2.05, 4.69) is 5.32 Å². The zero-order chi connectivity index (χ0) is 24.9. The van der Waals surface area contributed by atoms with E-state index in [1.807, 2.05) is 0 Å². The van der Waals surface area contributed by atoms with Gasteiger partial charge in [-0.15, -0.1) is 0 Å². The third kappa shape index (κ3) is 6.58. The Balaban J connectivity index is 1.41. The Hall–Kier alpha value is -2.97. The summed E-state index contributed by atoms with van der Waals surface area (Å²) in [6.45, 7) is -0.169. The smallest absolute Gasteiger partial charge is 0.294 e. The van der Waals surface area contributed by atoms with Gasteiger partial charge in [0.25, 0.3) is 11.1 Å². The summed E-state index contributed by atoms with van der Waals surface area (Å²) < 4.78 is 5.82. The lowest BCUT2D eigenvalue weighted by atomic mass is 10.2. The fourth-order valence-corrected chi connectivity index (χ4v) is 4.68. The molecule has 4 rings (SSSR count). The topological polar surface area (TPSA) is 75.7 Å². The van der Waals surface area contributed by atoms with Crippen molar-refractivity contribution in [3.63, 3.8) is 0 Å². The van der Waals surface area contributed by atoms with E-state index in [9.17, 15) is 14.4 Å². The van der Waals surface area contributed by atoms with Crippen LogP contribution >= 0.6 is 46.6 Å². The molecule has 1 aliphatic heterocycles. The maximum Gasteiger partial charge on any atom is 0.294 e. The molecule has 0 spiro atoms. The average Bonchev–Trinajstić information content (AvgIpc) is 3.06. The number of nitrogens with one attached hydrogen (secondary N) is 1. The van der Waals surface area contributed by atoms with Gasteiger partial charge in [-0.25, -0.2) is 0 Å². The van der Waals surface area contributed by atoms with Crippen LogP contribution in [0.4, 0.5) is 10.5 Å². The lowest BCUT2D eigenvalue weighted by Crippen LogP contribution is -2.36. The molecule has 0 aliphatic carbocycles. The number of thioether (sulfide) groups is 1. The highest BCUT2D eigenvalue weighted by Gasteiger charge is 2.36. The molecule has 1 saturated heterocycles. The summed E-state index contributed by atoms with van der Waals surface area (Å²) in [5.74, 6) is -0.488. The summed E-state index contributed by atoms with van der Waals surface area (Å²) in [6.07, 6.45) is 1.59. The highest BCUT2D eigenvalue weighted by Crippen LogP contribution is 2.33. The van der Waals surface area contributed by atoms with Crippen molar-refractivity contribution in [2.75, 3.05) is 11.9 Å². The minimum atomic E-state index is -0.541. The predicted molar refractivity (Wildman–Crippen MR) is 140 cm³/mol. The Kier molecular flexibility index (Phi) is 8.03. The first-order chi connectivity index (χ1) is 16.8. The lowest BCUT2D eigenvalue weighted by molar-refractivity contribution is -0.127. The van der Waals surface area contributed by atoms with Gasteiger partial charge in [-0.3, -0.25) is 19.3 Å². The lowest BCUT2D eigenvalue weighted by Gasteiger charge is -2.12. The molecule has 1 fully saturated rings. The number of imide groups is 1. The number of nitrogens with zero attached hydrogens (tertiary/aromatic N) is 1. The number of hydrogen-bond donors (Lipinski definition) is 1. The largest absolute Gasteiger partial charge is 0.489 e. The summed E-state index contributed by atoms with van der Waals surface area (Å²) in [6, 6.07) is 18.8. The molecule has 6 nitrogen and oxygen atoms in total. The molecule has 3 amide bonds. The fraction of sp³-hybridized carbons (Fsp3) is 0.0800. The van der Waals surface area contributed by atoms with Crippen molar-refractivity contribution in [1.82, 2.24) is 4.90 Å². The van der Waals surface area contributed by atoms with Crippen LogP contribution in [-0.2, 0) is 16.2 Å². The molecule has 0 unspecified atom stereocenters. The van der Waals surface area contributed by atoms with Crippen LogP contribution in [0.1, 0.15) is 11.1 Å². The second kappa shape index (κ2) is 11.2. The molecule has 1 N–H and O–H groups in total. The number of halogens is 3. The van der Waals surface area contributed by atoms with Crippen LogP contribution in [0, 0.1) is 0 Å². The molecular formula is C25H17Cl3N2O4S. The zero-order valence-corrected chi connectivity index (χ0v) is 21.0. The number of amides is 3. The predicted octanol–water partition coefficient (Wildman–Crippen LogP) is 6.90. The Morgan fingerprint density at radius 3 is 2.51 bits per heavy atom. The van der Waals surface area contributed by atoms with Crippen molar-refractivity contribution < 1.29 is 19.1 Å². The summed E-state index contributed by atoms with van der Waals surface area (Å²) in [4.78, 5) is 38.6. The quantitative estimate of drug-likeness (QED) is 0.326. The number of hydrogen-bond acceptors (Lipinski definition) is 5. The number of rotatable bonds is 7. The van der Waals surface area contributed by atoms with Crippen molar-refractivity contribution >= 4 is 75.4 Å². The van der Waals surface area contributed by atoms with Gasteiger partial charge < -0.3 is 10.1 Å². The maximum atomic E-state index is 12.8. The molecule has 1 aliphatic rings. The zero-order valence-electron chi connectivity index (χ0n) is 18.0. The van der Waals surface area contributed by atoms with Gasteiger partial charge in [-0.2, -0.15) is 0 Å². The standard InChI is InChI=1S/C25H17Cl3N2O4S/c26-17-4-2-5-19(11-17)29-23(31)13-30-24(32)22(35-25(30)33)10-15-3-1-6-20(9-15)34-14-16-7-8-18(27)12-21(16)28/h1-12H,13-14H2,(H,29,31)/b22-10+. The van der Waals surface area contributed by atoms with Crippen molar-refractivity contribution in [3.8, 4) is 5.75 Å². The minimum Gasteiger partial charge on any atom is -0.489 e. The molecule has 3 aromatic rings. The molecule has 3 aromatic carbocycles. The molecule has 35 heavy (non-hydrogen) atoms. The normalized spacial score (nSPS) is 14.5. The first-order valence-electron chi connectivity index (χ1n) is 10.3. The van der Waals surface area contributed by atoms with Gasteiger partial charge in [-0.05, 0) is 65.9 Å². The van der Waals surface area contributed by atoms with Crippen LogP contribution in [-0.4, -0.2) is 28.5 Å². The van der Waals surface area contributed by atoms with E-state index in [0.717, 1.165) is 22.2 Å². The van der Waals surface area contributed by atoms with E-state index in [-0.39, 0.29) is 11.5 Å². The second-order valence-corrected chi connectivity index (χ2v) is 9.70. The van der Waals surface area contributed by atoms with Crippen LogP contribution in [0.3, 0.4) is 0 Å². The average molecular weight is 548 g/mol. The monoisotopic (exact) mass is 546 g/mol. The number of carbonyl (C=O) groups is 3. The second-order valence-electron chi connectivity index (χ2n) is 7.42. The Morgan fingerprint density at radius 1 is 0.971 bits per heavy atom. The van der Waals surface area contributed by atoms with E-state index in [0.29, 0.717) is 32.1 Å². The molecule has 0 saturated carbocycles. The summed E-state index contributed by atoms with van der Waals surface area (Å²) in [5, 5.41) is 3.60. The van der Waals surface area contributed by atoms with Crippen molar-refractivity contribution in [1.29, 1.82) is 0 Å². The fourth-order valence-electron chi connectivity index (χ4n) is 3.19. The van der Waals surface area contributed by atoms with Crippen molar-refractivity contribution in [2.24, 2.45) is 0 Å². The molecule has 0 atom stereocenters. The summed E-state index contributed by atoms with van der Waals surface area (Å²) >= 11 is 18.8. The first kappa shape index (κ1) is 25.1. The van der Waals surface area contributed by atoms with E-state index < -0.39 is 23.6 Å². The van der Waals surface area contributed by atoms with Gasteiger partial charge in [0.2, 0.25) is 5.91 Å². The van der Waals surface area contributed by atoms with Crippen LogP contribution in [0.25, 0.3) is 6.08 Å². The van der Waals surface area contributed by atoms with Crippen molar-refractivity contribution in [3.05, 3.63) is 97.8 Å². The summed E-state index contributed by atoms with van der Waals surface area (Å²) in [7, 11) is 0. The van der Waals surface area contributed by atoms with E-state index in [4.69, 9.17) is 39.5 Å². The molecule has 0 radical (unpaired) electrons. The van der Waals surface area contributed by atoms with Gasteiger partial charge in [0.1, 0.15) is 18.9 Å². The third-order valence-corrected chi connectivity index (χ3v) is 6.58. The van der Waals surface area contributed by atoms with Gasteiger partial charge in [0, 0.05) is 26.3 Å². The van der Waals surface area contributed by atoms with Crippen LogP contribution < -0.4 is 10.1 Å².